The second-order valence-electron chi connectivity index (χ2n) is 5.30. The summed E-state index contributed by atoms with van der Waals surface area (Å²) in [5.41, 5.74) is -0.403. The van der Waals surface area contributed by atoms with Gasteiger partial charge in [0.1, 0.15) is 6.10 Å². The van der Waals surface area contributed by atoms with Crippen molar-refractivity contribution in [2.75, 3.05) is 7.11 Å². The summed E-state index contributed by atoms with van der Waals surface area (Å²) in [7, 11) is 1.72. The van der Waals surface area contributed by atoms with Gasteiger partial charge < -0.3 is 9.47 Å². The average Bonchev–Trinajstić information content (AvgIpc) is 2.16. The minimum Gasteiger partial charge on any atom is -0.462 e. The third-order valence-electron chi connectivity index (χ3n) is 2.80. The van der Waals surface area contributed by atoms with Gasteiger partial charge in [0.2, 0.25) is 0 Å². The number of carbonyl (C=O) groups is 1. The molecule has 1 fully saturated rings. The fourth-order valence-corrected chi connectivity index (χ4v) is 1.75. The lowest BCUT2D eigenvalue weighted by molar-refractivity contribution is -0.162. The molecule has 0 spiro atoms. The Morgan fingerprint density at radius 3 is 2.33 bits per heavy atom. The van der Waals surface area contributed by atoms with Crippen molar-refractivity contribution in [1.82, 2.24) is 0 Å². The Balaban J connectivity index is 2.41. The van der Waals surface area contributed by atoms with Crippen LogP contribution in [0.2, 0.25) is 0 Å². The zero-order valence-electron chi connectivity index (χ0n) is 10.2. The quantitative estimate of drug-likeness (QED) is 0.663. The van der Waals surface area contributed by atoms with Crippen LogP contribution in [-0.4, -0.2) is 25.3 Å². The Morgan fingerprint density at radius 1 is 1.20 bits per heavy atom. The molecule has 1 saturated carbocycles. The molecule has 15 heavy (non-hydrogen) atoms. The molecule has 1 rings (SSSR count). The van der Waals surface area contributed by atoms with E-state index in [0.717, 1.165) is 25.7 Å². The van der Waals surface area contributed by atoms with E-state index in [9.17, 15) is 4.79 Å². The van der Waals surface area contributed by atoms with Crippen molar-refractivity contribution in [3.8, 4) is 0 Å². The molecule has 0 amide bonds. The van der Waals surface area contributed by atoms with Gasteiger partial charge in [-0.2, -0.15) is 0 Å². The lowest BCUT2D eigenvalue weighted by atomic mass is 9.93. The molecule has 0 heterocycles. The van der Waals surface area contributed by atoms with Crippen LogP contribution in [0.3, 0.4) is 0 Å². The first-order valence-corrected chi connectivity index (χ1v) is 5.67. The van der Waals surface area contributed by atoms with Crippen molar-refractivity contribution < 1.29 is 14.3 Å². The molecule has 0 aromatic carbocycles. The van der Waals surface area contributed by atoms with E-state index in [1.54, 1.807) is 7.11 Å². The lowest BCUT2D eigenvalue weighted by Gasteiger charge is -2.30. The van der Waals surface area contributed by atoms with E-state index in [1.165, 1.54) is 0 Å². The van der Waals surface area contributed by atoms with E-state index in [1.807, 2.05) is 20.8 Å². The molecule has 0 aromatic heterocycles. The van der Waals surface area contributed by atoms with Crippen LogP contribution >= 0.6 is 0 Å². The lowest BCUT2D eigenvalue weighted by Crippen LogP contribution is -2.33. The zero-order valence-corrected chi connectivity index (χ0v) is 10.2. The van der Waals surface area contributed by atoms with Gasteiger partial charge in [-0.1, -0.05) is 0 Å². The highest BCUT2D eigenvalue weighted by Crippen LogP contribution is 2.25. The van der Waals surface area contributed by atoms with Gasteiger partial charge in [-0.05, 0) is 40.0 Å². The van der Waals surface area contributed by atoms with Crippen LogP contribution in [0.25, 0.3) is 0 Å². The Bertz CT molecular complexity index is 217. The molecule has 0 aliphatic heterocycles. The van der Waals surface area contributed by atoms with Gasteiger partial charge in [-0.3, -0.25) is 4.79 Å². The Labute approximate surface area is 92.1 Å². The van der Waals surface area contributed by atoms with Crippen LogP contribution in [0, 0.1) is 5.41 Å². The van der Waals surface area contributed by atoms with Gasteiger partial charge in [-0.25, -0.2) is 0 Å². The van der Waals surface area contributed by atoms with Crippen LogP contribution in [0.1, 0.15) is 46.5 Å². The normalized spacial score (nSPS) is 27.5. The number of carbonyl (C=O) groups excluding carboxylic acids is 1. The van der Waals surface area contributed by atoms with Gasteiger partial charge >= 0.3 is 5.97 Å². The van der Waals surface area contributed by atoms with Crippen molar-refractivity contribution in [3.63, 3.8) is 0 Å². The monoisotopic (exact) mass is 214 g/mol. The van der Waals surface area contributed by atoms with Crippen LogP contribution in [-0.2, 0) is 14.3 Å². The fraction of sp³-hybridized carbons (Fsp3) is 0.917. The highest BCUT2D eigenvalue weighted by atomic mass is 16.5. The molecule has 3 heteroatoms. The van der Waals surface area contributed by atoms with Crippen molar-refractivity contribution in [3.05, 3.63) is 0 Å². The fourth-order valence-electron chi connectivity index (χ4n) is 1.75. The number of ether oxygens (including phenoxy) is 2. The third kappa shape index (κ3) is 3.82. The van der Waals surface area contributed by atoms with Crippen molar-refractivity contribution in [1.29, 1.82) is 0 Å². The summed E-state index contributed by atoms with van der Waals surface area (Å²) in [5.74, 6) is -0.107. The first kappa shape index (κ1) is 12.5. The maximum absolute atomic E-state index is 11.7. The van der Waals surface area contributed by atoms with E-state index in [4.69, 9.17) is 9.47 Å². The summed E-state index contributed by atoms with van der Waals surface area (Å²) >= 11 is 0. The van der Waals surface area contributed by atoms with Gasteiger partial charge in [0.05, 0.1) is 11.5 Å². The van der Waals surface area contributed by atoms with Gasteiger partial charge in [0, 0.05) is 13.5 Å². The Hall–Kier alpha value is -0.570. The summed E-state index contributed by atoms with van der Waals surface area (Å²) in [4.78, 5) is 11.7. The molecule has 0 N–H and O–H groups in total. The van der Waals surface area contributed by atoms with E-state index < -0.39 is 5.41 Å². The van der Waals surface area contributed by atoms with Crippen molar-refractivity contribution in [2.45, 2.75) is 58.7 Å². The van der Waals surface area contributed by atoms with E-state index in [-0.39, 0.29) is 18.2 Å². The third-order valence-corrected chi connectivity index (χ3v) is 2.80. The number of hydrogen-bond donors (Lipinski definition) is 0. The first-order chi connectivity index (χ1) is 6.93. The number of esters is 1. The molecule has 0 radical (unpaired) electrons. The highest BCUT2D eigenvalue weighted by molar-refractivity contribution is 5.75. The molecule has 2 atom stereocenters. The summed E-state index contributed by atoms with van der Waals surface area (Å²) in [5, 5.41) is 0. The average molecular weight is 214 g/mol. The van der Waals surface area contributed by atoms with E-state index in [0.29, 0.717) is 0 Å². The van der Waals surface area contributed by atoms with Crippen LogP contribution < -0.4 is 0 Å². The van der Waals surface area contributed by atoms with Crippen LogP contribution in [0.15, 0.2) is 0 Å². The molecule has 1 aliphatic carbocycles. The summed E-state index contributed by atoms with van der Waals surface area (Å²) in [6.07, 6.45) is 4.30. The molecule has 2 unspecified atom stereocenters. The molecule has 0 saturated heterocycles. The minimum atomic E-state index is -0.403. The minimum absolute atomic E-state index is 0.0513. The van der Waals surface area contributed by atoms with Gasteiger partial charge in [-0.15, -0.1) is 0 Å². The van der Waals surface area contributed by atoms with Gasteiger partial charge in [0.15, 0.2) is 0 Å². The Kier molecular flexibility index (Phi) is 4.14. The summed E-state index contributed by atoms with van der Waals surface area (Å²) in [6, 6.07) is 0. The molecule has 3 nitrogen and oxygen atoms in total. The van der Waals surface area contributed by atoms with Crippen molar-refractivity contribution in [2.24, 2.45) is 5.41 Å². The smallest absolute Gasteiger partial charge is 0.311 e. The maximum atomic E-state index is 11.7. The number of methoxy groups -OCH3 is 1. The SMILES string of the molecule is COC1CCCC(OC(=O)C(C)(C)C)C1. The zero-order chi connectivity index (χ0) is 11.5. The Morgan fingerprint density at radius 2 is 1.80 bits per heavy atom. The second kappa shape index (κ2) is 4.97. The first-order valence-electron chi connectivity index (χ1n) is 5.67. The van der Waals surface area contributed by atoms with E-state index in [2.05, 4.69) is 0 Å². The van der Waals surface area contributed by atoms with E-state index >= 15 is 0 Å². The molecular formula is C12H22O3. The molecule has 0 aromatic rings. The van der Waals surface area contributed by atoms with Crippen LogP contribution in [0.5, 0.6) is 0 Å². The second-order valence-corrected chi connectivity index (χ2v) is 5.30. The predicted octanol–water partition coefficient (Wildman–Crippen LogP) is 2.53. The van der Waals surface area contributed by atoms with Crippen LogP contribution in [0.4, 0.5) is 0 Å². The van der Waals surface area contributed by atoms with Gasteiger partial charge in [0.25, 0.3) is 0 Å². The summed E-state index contributed by atoms with van der Waals surface area (Å²) in [6.45, 7) is 5.64. The molecule has 1 aliphatic rings. The summed E-state index contributed by atoms with van der Waals surface area (Å²) < 4.78 is 10.8. The molecule has 0 bridgehead atoms. The maximum Gasteiger partial charge on any atom is 0.311 e. The standard InChI is InChI=1S/C12H22O3/c1-12(2,3)11(13)15-10-7-5-6-9(8-10)14-4/h9-10H,5-8H2,1-4H3. The predicted molar refractivity (Wildman–Crippen MR) is 58.6 cm³/mol. The molecular weight excluding hydrogens is 192 g/mol. The largest absolute Gasteiger partial charge is 0.462 e. The number of hydrogen-bond acceptors (Lipinski definition) is 3. The number of rotatable bonds is 2. The molecule has 88 valence electrons. The van der Waals surface area contributed by atoms with Crippen molar-refractivity contribution >= 4 is 5.97 Å². The highest BCUT2D eigenvalue weighted by Gasteiger charge is 2.29. The topological polar surface area (TPSA) is 35.5 Å².